The molecule has 7 heteroatoms. The lowest BCUT2D eigenvalue weighted by Gasteiger charge is -2.09. The van der Waals surface area contributed by atoms with Gasteiger partial charge in [-0.15, -0.1) is 0 Å². The van der Waals surface area contributed by atoms with E-state index in [0.717, 1.165) is 5.56 Å². The van der Waals surface area contributed by atoms with Crippen LogP contribution in [0.3, 0.4) is 0 Å². The monoisotopic (exact) mass is 336 g/mol. The zero-order valence-electron chi connectivity index (χ0n) is 13.7. The minimum atomic E-state index is -0.615. The van der Waals surface area contributed by atoms with Gasteiger partial charge in [-0.25, -0.2) is 0 Å². The molecule has 7 nitrogen and oxygen atoms in total. The van der Waals surface area contributed by atoms with Crippen molar-refractivity contribution in [1.82, 2.24) is 9.78 Å². The quantitative estimate of drug-likeness (QED) is 0.757. The van der Waals surface area contributed by atoms with Crippen LogP contribution in [0.1, 0.15) is 26.4 Å². The zero-order chi connectivity index (χ0) is 18.1. The Morgan fingerprint density at radius 3 is 2.44 bits per heavy atom. The van der Waals surface area contributed by atoms with Gasteiger partial charge in [-0.2, -0.15) is 5.10 Å². The molecule has 0 aliphatic heterocycles. The molecule has 0 unspecified atom stereocenters. The predicted molar refractivity (Wildman–Crippen MR) is 94.6 cm³/mol. The maximum atomic E-state index is 12.6. The summed E-state index contributed by atoms with van der Waals surface area (Å²) >= 11 is 0. The number of benzene rings is 2. The summed E-state index contributed by atoms with van der Waals surface area (Å²) in [5.74, 6) is -1.17. The van der Waals surface area contributed by atoms with Gasteiger partial charge in [-0.05, 0) is 43.3 Å². The Hall–Kier alpha value is -3.48. The number of carbonyl (C=O) groups excluding carboxylic acids is 2. The van der Waals surface area contributed by atoms with E-state index in [0.29, 0.717) is 22.2 Å². The fraction of sp³-hybridized carbons (Fsp3) is 0.111. The van der Waals surface area contributed by atoms with Crippen molar-refractivity contribution in [3.8, 4) is 0 Å². The molecule has 1 aromatic heterocycles. The second-order valence-electron chi connectivity index (χ2n) is 5.72. The Labute approximate surface area is 143 Å². The van der Waals surface area contributed by atoms with Crippen molar-refractivity contribution >= 4 is 28.4 Å². The van der Waals surface area contributed by atoms with Gasteiger partial charge in [-0.1, -0.05) is 11.6 Å². The smallest absolute Gasteiger partial charge is 0.280 e. The van der Waals surface area contributed by atoms with Gasteiger partial charge in [0.1, 0.15) is 0 Å². The molecule has 0 fully saturated rings. The van der Waals surface area contributed by atoms with E-state index in [-0.39, 0.29) is 5.69 Å². The van der Waals surface area contributed by atoms with Gasteiger partial charge in [-0.3, -0.25) is 19.1 Å². The summed E-state index contributed by atoms with van der Waals surface area (Å²) < 4.78 is 1.50. The van der Waals surface area contributed by atoms with Crippen LogP contribution in [0.4, 0.5) is 5.69 Å². The van der Waals surface area contributed by atoms with Crippen LogP contribution in [0.25, 0.3) is 10.9 Å². The van der Waals surface area contributed by atoms with Gasteiger partial charge >= 0.3 is 0 Å². The average molecular weight is 336 g/mol. The van der Waals surface area contributed by atoms with Gasteiger partial charge in [0.2, 0.25) is 11.3 Å². The first-order valence-corrected chi connectivity index (χ1v) is 7.55. The Morgan fingerprint density at radius 2 is 1.80 bits per heavy atom. The summed E-state index contributed by atoms with van der Waals surface area (Å²) in [5.41, 5.74) is 6.89. The van der Waals surface area contributed by atoms with E-state index in [2.05, 4.69) is 10.4 Å². The maximum absolute atomic E-state index is 12.6. The SMILES string of the molecule is Cc1ccc2c(c1)c(=O)c(C(=O)Nc1ccc(C(N)=O)cc1)nn2C. The molecule has 25 heavy (non-hydrogen) atoms. The number of nitrogens with two attached hydrogens (primary N) is 1. The lowest BCUT2D eigenvalue weighted by molar-refractivity contribution is 0.0997. The second kappa shape index (κ2) is 6.20. The lowest BCUT2D eigenvalue weighted by atomic mass is 10.1. The minimum absolute atomic E-state index is 0.195. The molecule has 2 amide bonds. The summed E-state index contributed by atoms with van der Waals surface area (Å²) in [6.45, 7) is 1.87. The van der Waals surface area contributed by atoms with E-state index in [1.807, 2.05) is 13.0 Å². The first kappa shape index (κ1) is 16.4. The third kappa shape index (κ3) is 3.12. The number of fused-ring (bicyclic) bond motifs is 1. The summed E-state index contributed by atoms with van der Waals surface area (Å²) in [7, 11) is 1.68. The first-order chi connectivity index (χ1) is 11.9. The van der Waals surface area contributed by atoms with Gasteiger partial charge < -0.3 is 11.1 Å². The van der Waals surface area contributed by atoms with E-state index < -0.39 is 17.2 Å². The fourth-order valence-electron chi connectivity index (χ4n) is 2.55. The molecule has 0 aliphatic rings. The fourth-order valence-corrected chi connectivity index (χ4v) is 2.55. The predicted octanol–water partition coefficient (Wildman–Crippen LogP) is 1.59. The van der Waals surface area contributed by atoms with E-state index in [1.165, 1.54) is 28.9 Å². The number of carbonyl (C=O) groups is 2. The Balaban J connectivity index is 1.98. The van der Waals surface area contributed by atoms with Gasteiger partial charge in [0.15, 0.2) is 5.69 Å². The molecule has 0 atom stereocenters. The lowest BCUT2D eigenvalue weighted by Crippen LogP contribution is -2.26. The van der Waals surface area contributed by atoms with Crippen molar-refractivity contribution in [2.24, 2.45) is 12.8 Å². The number of aryl methyl sites for hydroxylation is 2. The van der Waals surface area contributed by atoms with Crippen molar-refractivity contribution in [2.75, 3.05) is 5.32 Å². The van der Waals surface area contributed by atoms with Crippen LogP contribution < -0.4 is 16.5 Å². The Morgan fingerprint density at radius 1 is 1.12 bits per heavy atom. The topological polar surface area (TPSA) is 107 Å². The number of nitrogens with one attached hydrogen (secondary N) is 1. The van der Waals surface area contributed by atoms with E-state index in [1.54, 1.807) is 19.2 Å². The van der Waals surface area contributed by atoms with Crippen molar-refractivity contribution in [1.29, 1.82) is 0 Å². The molecule has 0 bridgehead atoms. The number of hydrogen-bond acceptors (Lipinski definition) is 4. The Kier molecular flexibility index (Phi) is 4.06. The van der Waals surface area contributed by atoms with Crippen LogP contribution in [0, 0.1) is 6.92 Å². The number of hydrogen-bond donors (Lipinski definition) is 2. The van der Waals surface area contributed by atoms with E-state index >= 15 is 0 Å². The summed E-state index contributed by atoms with van der Waals surface area (Å²) in [5, 5.41) is 7.13. The number of primary amides is 1. The highest BCUT2D eigenvalue weighted by Gasteiger charge is 2.17. The van der Waals surface area contributed by atoms with Crippen molar-refractivity contribution in [3.63, 3.8) is 0 Å². The standard InChI is InChI=1S/C18H16N4O3/c1-10-3-8-14-13(9-10)16(23)15(21-22(14)2)18(25)20-12-6-4-11(5-7-12)17(19)24/h3-9H,1-2H3,(H2,19,24)(H,20,25). The van der Waals surface area contributed by atoms with Crippen LogP contribution in [0.15, 0.2) is 47.3 Å². The molecule has 2 aromatic carbocycles. The number of anilines is 1. The molecule has 0 aliphatic carbocycles. The van der Waals surface area contributed by atoms with Gasteiger partial charge in [0.25, 0.3) is 5.91 Å². The number of nitrogens with zero attached hydrogens (tertiary/aromatic N) is 2. The first-order valence-electron chi connectivity index (χ1n) is 7.55. The van der Waals surface area contributed by atoms with Crippen molar-refractivity contribution in [3.05, 3.63) is 69.5 Å². The number of aromatic nitrogens is 2. The number of rotatable bonds is 3. The van der Waals surface area contributed by atoms with Gasteiger partial charge in [0.05, 0.1) is 10.9 Å². The summed E-state index contributed by atoms with van der Waals surface area (Å²) in [4.78, 5) is 36.1. The molecule has 0 saturated heterocycles. The van der Waals surface area contributed by atoms with Crippen LogP contribution in [0.5, 0.6) is 0 Å². The van der Waals surface area contributed by atoms with Crippen LogP contribution in [-0.4, -0.2) is 21.6 Å². The third-order valence-corrected chi connectivity index (χ3v) is 3.85. The summed E-state index contributed by atoms with van der Waals surface area (Å²) in [6.07, 6.45) is 0. The molecule has 3 aromatic rings. The second-order valence-corrected chi connectivity index (χ2v) is 5.72. The van der Waals surface area contributed by atoms with Crippen molar-refractivity contribution < 1.29 is 9.59 Å². The molecule has 126 valence electrons. The van der Waals surface area contributed by atoms with Crippen LogP contribution in [0.2, 0.25) is 0 Å². The zero-order valence-corrected chi connectivity index (χ0v) is 13.7. The molecular formula is C18H16N4O3. The Bertz CT molecular complexity index is 1050. The van der Waals surface area contributed by atoms with Gasteiger partial charge in [0, 0.05) is 18.3 Å². The molecule has 0 radical (unpaired) electrons. The largest absolute Gasteiger partial charge is 0.366 e. The number of amides is 2. The highest BCUT2D eigenvalue weighted by atomic mass is 16.2. The minimum Gasteiger partial charge on any atom is -0.366 e. The third-order valence-electron chi connectivity index (χ3n) is 3.85. The highest BCUT2D eigenvalue weighted by Crippen LogP contribution is 2.13. The molecule has 0 saturated carbocycles. The molecule has 3 N–H and O–H groups in total. The summed E-state index contributed by atoms with van der Waals surface area (Å²) in [6, 6.07) is 11.5. The van der Waals surface area contributed by atoms with Crippen LogP contribution >= 0.6 is 0 Å². The van der Waals surface area contributed by atoms with Crippen molar-refractivity contribution in [2.45, 2.75) is 6.92 Å². The maximum Gasteiger partial charge on any atom is 0.280 e. The van der Waals surface area contributed by atoms with E-state index in [4.69, 9.17) is 5.73 Å². The van der Waals surface area contributed by atoms with Crippen LogP contribution in [-0.2, 0) is 7.05 Å². The highest BCUT2D eigenvalue weighted by molar-refractivity contribution is 6.04. The molecule has 0 spiro atoms. The normalized spacial score (nSPS) is 10.6. The van der Waals surface area contributed by atoms with E-state index in [9.17, 15) is 14.4 Å². The molecule has 1 heterocycles. The molecular weight excluding hydrogens is 320 g/mol. The average Bonchev–Trinajstić information content (AvgIpc) is 2.58. The molecule has 3 rings (SSSR count).